The third-order valence-electron chi connectivity index (χ3n) is 2.00. The molecule has 1 aromatic rings. The van der Waals surface area contributed by atoms with Crippen LogP contribution in [0.4, 0.5) is 0 Å². The fourth-order valence-electron chi connectivity index (χ4n) is 1.15. The Hall–Kier alpha value is -1.62. The molecule has 17 heavy (non-hydrogen) atoms. The lowest BCUT2D eigenvalue weighted by Gasteiger charge is -2.00. The van der Waals surface area contributed by atoms with E-state index in [2.05, 4.69) is 20.9 Å². The predicted molar refractivity (Wildman–Crippen MR) is 72.2 cm³/mol. The molecule has 1 rings (SSSR count). The Balaban J connectivity index is 2.89. The van der Waals surface area contributed by atoms with Crippen LogP contribution in [0.3, 0.4) is 0 Å². The Kier molecular flexibility index (Phi) is 4.90. The fraction of sp³-hybridized carbons (Fsp3) is 0.167. The number of halogens is 1. The molecule has 90 valence electrons. The molecule has 0 aliphatic heterocycles. The number of hydrogen-bond donors (Lipinski definition) is 2. The molecule has 1 amide bonds. The van der Waals surface area contributed by atoms with E-state index in [0.29, 0.717) is 5.56 Å². The molecule has 0 fully saturated rings. The number of amides is 1. The van der Waals surface area contributed by atoms with Gasteiger partial charge in [-0.2, -0.15) is 4.99 Å². The number of benzene rings is 1. The number of nitrogens with two attached hydrogens (primary N) is 1. The maximum atomic E-state index is 11.0. The summed E-state index contributed by atoms with van der Waals surface area (Å²) >= 11 is 2.97. The van der Waals surface area contributed by atoms with E-state index in [-0.39, 0.29) is 16.9 Å². The molecular formula is C12H13BrN2O2. The van der Waals surface area contributed by atoms with Crippen molar-refractivity contribution >= 4 is 33.4 Å². The summed E-state index contributed by atoms with van der Waals surface area (Å²) in [7, 11) is 0. The first-order valence-corrected chi connectivity index (χ1v) is 6.05. The maximum absolute atomic E-state index is 11.0. The van der Waals surface area contributed by atoms with Gasteiger partial charge in [-0.05, 0) is 6.92 Å². The Labute approximate surface area is 108 Å². The summed E-state index contributed by atoms with van der Waals surface area (Å²) in [6.45, 7) is 1.95. The van der Waals surface area contributed by atoms with Crippen molar-refractivity contribution in [2.24, 2.45) is 10.7 Å². The third-order valence-corrected chi connectivity index (χ3v) is 2.48. The summed E-state index contributed by atoms with van der Waals surface area (Å²) in [4.78, 5) is 14.5. The third kappa shape index (κ3) is 4.40. The van der Waals surface area contributed by atoms with E-state index in [1.54, 1.807) is 12.1 Å². The molecule has 0 aromatic heterocycles. The molecular weight excluding hydrogens is 284 g/mol. The summed E-state index contributed by atoms with van der Waals surface area (Å²) in [6, 6.07) is 7.27. The number of nitrogens with zero attached hydrogens (tertiary/aromatic N) is 1. The highest BCUT2D eigenvalue weighted by Crippen LogP contribution is 2.11. The highest BCUT2D eigenvalue weighted by Gasteiger charge is 2.01. The molecule has 0 aliphatic carbocycles. The van der Waals surface area contributed by atoms with Crippen LogP contribution >= 0.6 is 15.9 Å². The van der Waals surface area contributed by atoms with E-state index in [4.69, 9.17) is 5.73 Å². The molecule has 0 radical (unpaired) electrons. The number of hydrogen-bond acceptors (Lipinski definition) is 2. The number of aryl methyl sites for hydroxylation is 1. The van der Waals surface area contributed by atoms with Crippen LogP contribution in [0.25, 0.3) is 5.76 Å². The molecule has 4 nitrogen and oxygen atoms in total. The molecule has 0 saturated carbocycles. The molecule has 0 unspecified atom stereocenters. The van der Waals surface area contributed by atoms with Gasteiger partial charge >= 0.3 is 0 Å². The molecule has 0 aliphatic rings. The monoisotopic (exact) mass is 296 g/mol. The minimum absolute atomic E-state index is 0.0198. The van der Waals surface area contributed by atoms with Gasteiger partial charge in [0.05, 0.1) is 5.33 Å². The average Bonchev–Trinajstić information content (AvgIpc) is 2.29. The Morgan fingerprint density at radius 3 is 2.59 bits per heavy atom. The Bertz CT molecular complexity index is 464. The van der Waals surface area contributed by atoms with Gasteiger partial charge in [-0.25, -0.2) is 0 Å². The van der Waals surface area contributed by atoms with Crippen molar-refractivity contribution in [2.75, 3.05) is 5.33 Å². The molecule has 0 heterocycles. The lowest BCUT2D eigenvalue weighted by molar-refractivity contribution is -0.115. The van der Waals surface area contributed by atoms with Crippen LogP contribution in [-0.2, 0) is 4.79 Å². The molecule has 0 bridgehead atoms. The van der Waals surface area contributed by atoms with Crippen molar-refractivity contribution in [3.05, 3.63) is 41.5 Å². The molecule has 0 spiro atoms. The summed E-state index contributed by atoms with van der Waals surface area (Å²) in [5.74, 6) is -0.434. The Morgan fingerprint density at radius 1 is 1.47 bits per heavy atom. The molecule has 0 saturated heterocycles. The van der Waals surface area contributed by atoms with Gasteiger partial charge in [0.15, 0.2) is 0 Å². The van der Waals surface area contributed by atoms with Crippen LogP contribution in [0.5, 0.6) is 0 Å². The summed E-state index contributed by atoms with van der Waals surface area (Å²) in [6.07, 6.45) is 1.26. The predicted octanol–water partition coefficient (Wildman–Crippen LogP) is 2.17. The zero-order valence-electron chi connectivity index (χ0n) is 9.35. The normalized spacial score (nSPS) is 12.6. The standard InChI is InChI=1S/C12H13BrN2O2/c1-8-2-4-9(5-3-8)10(16)6-11(14)15-12(17)7-13/h2-6,16H,7H2,1H3,(H2,14,15,17)/b10-6-. The average molecular weight is 297 g/mol. The second kappa shape index (κ2) is 6.20. The van der Waals surface area contributed by atoms with Gasteiger partial charge in [-0.1, -0.05) is 45.8 Å². The number of aliphatic hydroxyl groups is 1. The van der Waals surface area contributed by atoms with Crippen LogP contribution in [-0.4, -0.2) is 22.2 Å². The van der Waals surface area contributed by atoms with Crippen LogP contribution < -0.4 is 5.73 Å². The number of alkyl halides is 1. The quantitative estimate of drug-likeness (QED) is 0.388. The second-order valence-corrected chi connectivity index (χ2v) is 4.02. The number of carbonyl (C=O) groups excluding carboxylic acids is 1. The molecule has 5 heteroatoms. The summed E-state index contributed by atoms with van der Waals surface area (Å²) in [5, 5.41) is 9.85. The summed E-state index contributed by atoms with van der Waals surface area (Å²) < 4.78 is 0. The number of aliphatic imine (C=N–C) groups is 1. The van der Waals surface area contributed by atoms with E-state index < -0.39 is 5.91 Å². The van der Waals surface area contributed by atoms with Crippen molar-refractivity contribution < 1.29 is 9.90 Å². The van der Waals surface area contributed by atoms with Gasteiger partial charge in [0, 0.05) is 11.6 Å². The van der Waals surface area contributed by atoms with E-state index in [0.717, 1.165) is 5.56 Å². The van der Waals surface area contributed by atoms with E-state index >= 15 is 0 Å². The summed E-state index contributed by atoms with van der Waals surface area (Å²) in [5.41, 5.74) is 7.21. The number of aliphatic hydroxyl groups excluding tert-OH is 1. The van der Waals surface area contributed by atoms with E-state index in [1.165, 1.54) is 6.08 Å². The highest BCUT2D eigenvalue weighted by molar-refractivity contribution is 9.09. The van der Waals surface area contributed by atoms with Gasteiger partial charge in [0.25, 0.3) is 5.91 Å². The lowest BCUT2D eigenvalue weighted by Crippen LogP contribution is -2.12. The first kappa shape index (κ1) is 13.4. The zero-order valence-corrected chi connectivity index (χ0v) is 10.9. The van der Waals surface area contributed by atoms with Gasteiger partial charge in [-0.15, -0.1) is 0 Å². The number of amidine groups is 1. The van der Waals surface area contributed by atoms with E-state index in [9.17, 15) is 9.90 Å². The van der Waals surface area contributed by atoms with Crippen molar-refractivity contribution in [1.82, 2.24) is 0 Å². The number of rotatable bonds is 3. The smallest absolute Gasteiger partial charge is 0.258 e. The first-order chi connectivity index (χ1) is 8.02. The Morgan fingerprint density at radius 2 is 2.06 bits per heavy atom. The number of carbonyl (C=O) groups is 1. The molecule has 3 N–H and O–H groups in total. The SMILES string of the molecule is Cc1ccc(/C(O)=C/C(N)=NC(=O)CBr)cc1. The second-order valence-electron chi connectivity index (χ2n) is 3.46. The van der Waals surface area contributed by atoms with Gasteiger partial charge in [0.2, 0.25) is 0 Å². The van der Waals surface area contributed by atoms with Crippen LogP contribution in [0, 0.1) is 6.92 Å². The van der Waals surface area contributed by atoms with Gasteiger partial charge in [-0.3, -0.25) is 4.79 Å². The van der Waals surface area contributed by atoms with Crippen LogP contribution in [0.2, 0.25) is 0 Å². The topological polar surface area (TPSA) is 75.7 Å². The zero-order chi connectivity index (χ0) is 12.8. The van der Waals surface area contributed by atoms with Crippen molar-refractivity contribution in [3.63, 3.8) is 0 Å². The largest absolute Gasteiger partial charge is 0.507 e. The van der Waals surface area contributed by atoms with Crippen molar-refractivity contribution in [2.45, 2.75) is 6.92 Å². The van der Waals surface area contributed by atoms with Crippen molar-refractivity contribution in [3.8, 4) is 0 Å². The van der Waals surface area contributed by atoms with Crippen molar-refractivity contribution in [1.29, 1.82) is 0 Å². The maximum Gasteiger partial charge on any atom is 0.258 e. The van der Waals surface area contributed by atoms with Gasteiger partial charge < -0.3 is 10.8 Å². The highest BCUT2D eigenvalue weighted by atomic mass is 79.9. The lowest BCUT2D eigenvalue weighted by atomic mass is 10.1. The minimum atomic E-state index is -0.393. The van der Waals surface area contributed by atoms with Gasteiger partial charge in [0.1, 0.15) is 11.6 Å². The fourth-order valence-corrected chi connectivity index (χ4v) is 1.28. The first-order valence-electron chi connectivity index (χ1n) is 4.93. The van der Waals surface area contributed by atoms with E-state index in [1.807, 2.05) is 19.1 Å². The molecule has 1 aromatic carbocycles. The molecule has 0 atom stereocenters. The van der Waals surface area contributed by atoms with Crippen LogP contribution in [0.1, 0.15) is 11.1 Å². The van der Waals surface area contributed by atoms with Crippen LogP contribution in [0.15, 0.2) is 35.3 Å². The minimum Gasteiger partial charge on any atom is -0.507 e.